The van der Waals surface area contributed by atoms with Gasteiger partial charge in [0.25, 0.3) is 0 Å². The molecule has 1 aliphatic carbocycles. The topological polar surface area (TPSA) is 63.8 Å². The van der Waals surface area contributed by atoms with Gasteiger partial charge in [0.2, 0.25) is 0 Å². The summed E-state index contributed by atoms with van der Waals surface area (Å²) in [5.41, 5.74) is 9.03. The van der Waals surface area contributed by atoms with Gasteiger partial charge in [0.05, 0.1) is 10.7 Å². The zero-order valence-corrected chi connectivity index (χ0v) is 18.6. The first-order valence-electron chi connectivity index (χ1n) is 11.0. The average Bonchev–Trinajstić information content (AvgIpc) is 2.82. The van der Waals surface area contributed by atoms with Crippen LogP contribution in [0.2, 0.25) is 5.02 Å². The minimum atomic E-state index is -0.862. The van der Waals surface area contributed by atoms with Crippen molar-refractivity contribution in [3.63, 3.8) is 0 Å². The Morgan fingerprint density at radius 3 is 2.53 bits per heavy atom. The second-order valence-electron chi connectivity index (χ2n) is 8.49. The van der Waals surface area contributed by atoms with Crippen molar-refractivity contribution in [2.75, 3.05) is 11.9 Å². The minimum Gasteiger partial charge on any atom is -0.366 e. The predicted octanol–water partition coefficient (Wildman–Crippen LogP) is 5.99. The number of benzene rings is 1. The van der Waals surface area contributed by atoms with Crippen molar-refractivity contribution in [2.24, 2.45) is 17.6 Å². The Kier molecular flexibility index (Phi) is 7.33. The van der Waals surface area contributed by atoms with E-state index in [1.165, 1.54) is 31.7 Å². The fraction of sp³-hybridized carbons (Fsp3) is 0.360. The van der Waals surface area contributed by atoms with E-state index in [9.17, 15) is 8.78 Å². The molecule has 0 atom stereocenters. The van der Waals surface area contributed by atoms with Gasteiger partial charge in [0, 0.05) is 24.0 Å². The minimum absolute atomic E-state index is 0.328. The van der Waals surface area contributed by atoms with Crippen LogP contribution < -0.4 is 11.1 Å². The molecule has 1 fully saturated rings. The van der Waals surface area contributed by atoms with E-state index in [-0.39, 0.29) is 0 Å². The van der Waals surface area contributed by atoms with Crippen LogP contribution in [0.15, 0.2) is 48.7 Å². The molecule has 0 radical (unpaired) electrons. The summed E-state index contributed by atoms with van der Waals surface area (Å²) in [6.45, 7) is 1.11. The molecule has 32 heavy (non-hydrogen) atoms. The highest BCUT2D eigenvalue weighted by atomic mass is 35.5. The van der Waals surface area contributed by atoms with E-state index in [0.29, 0.717) is 34.8 Å². The molecule has 2 heterocycles. The molecule has 168 valence electrons. The highest BCUT2D eigenvalue weighted by molar-refractivity contribution is 6.33. The van der Waals surface area contributed by atoms with Crippen molar-refractivity contribution in [2.45, 2.75) is 38.6 Å². The van der Waals surface area contributed by atoms with Crippen molar-refractivity contribution in [3.05, 3.63) is 76.6 Å². The fourth-order valence-corrected chi connectivity index (χ4v) is 4.48. The van der Waals surface area contributed by atoms with Crippen LogP contribution in [0.3, 0.4) is 0 Å². The molecule has 3 aromatic rings. The lowest BCUT2D eigenvalue weighted by Crippen LogP contribution is -2.22. The molecule has 2 aromatic heterocycles. The number of halogens is 3. The maximum Gasteiger partial charge on any atom is 0.159 e. The highest BCUT2D eigenvalue weighted by Crippen LogP contribution is 2.32. The molecule has 1 saturated carbocycles. The van der Waals surface area contributed by atoms with E-state index in [1.807, 2.05) is 24.3 Å². The van der Waals surface area contributed by atoms with Crippen LogP contribution >= 0.6 is 11.6 Å². The maximum atomic E-state index is 13.4. The first kappa shape index (κ1) is 22.6. The number of rotatable bonds is 7. The molecular weight excluding hydrogens is 430 g/mol. The summed E-state index contributed by atoms with van der Waals surface area (Å²) in [6.07, 6.45) is 7.37. The van der Waals surface area contributed by atoms with Gasteiger partial charge in [-0.05, 0) is 86.4 Å². The van der Waals surface area contributed by atoms with Gasteiger partial charge >= 0.3 is 0 Å². The highest BCUT2D eigenvalue weighted by Gasteiger charge is 2.21. The summed E-state index contributed by atoms with van der Waals surface area (Å²) >= 11 is 6.45. The largest absolute Gasteiger partial charge is 0.366 e. The summed E-state index contributed by atoms with van der Waals surface area (Å²) in [6, 6.07) is 11.5. The van der Waals surface area contributed by atoms with E-state index >= 15 is 0 Å². The molecule has 4 rings (SSSR count). The van der Waals surface area contributed by atoms with Crippen LogP contribution in [0.25, 0.3) is 11.3 Å². The van der Waals surface area contributed by atoms with Crippen molar-refractivity contribution in [1.29, 1.82) is 0 Å². The molecule has 4 nitrogen and oxygen atoms in total. The SMILES string of the molecule is NCC1CCC(Cc2cc(-c3cccc(NCc4ccc(F)c(F)c4)n3)c(Cl)cn2)CC1. The van der Waals surface area contributed by atoms with Gasteiger partial charge in [0.1, 0.15) is 5.82 Å². The first-order chi connectivity index (χ1) is 15.5. The summed E-state index contributed by atoms with van der Waals surface area (Å²) in [4.78, 5) is 9.21. The first-order valence-corrected chi connectivity index (χ1v) is 11.4. The van der Waals surface area contributed by atoms with Gasteiger partial charge in [-0.25, -0.2) is 13.8 Å². The van der Waals surface area contributed by atoms with E-state index < -0.39 is 11.6 Å². The van der Waals surface area contributed by atoms with Crippen molar-refractivity contribution in [1.82, 2.24) is 9.97 Å². The zero-order valence-electron chi connectivity index (χ0n) is 17.8. The number of hydrogen-bond acceptors (Lipinski definition) is 4. The van der Waals surface area contributed by atoms with Crippen LogP contribution in [0, 0.1) is 23.5 Å². The molecule has 0 bridgehead atoms. The van der Waals surface area contributed by atoms with Crippen LogP contribution in [0.4, 0.5) is 14.6 Å². The van der Waals surface area contributed by atoms with E-state index in [2.05, 4.69) is 15.3 Å². The Bertz CT molecular complexity index is 1070. The predicted molar refractivity (Wildman–Crippen MR) is 124 cm³/mol. The van der Waals surface area contributed by atoms with Crippen molar-refractivity contribution >= 4 is 17.4 Å². The van der Waals surface area contributed by atoms with Gasteiger partial charge in [-0.15, -0.1) is 0 Å². The zero-order chi connectivity index (χ0) is 22.5. The molecular formula is C25H27ClF2N4. The molecule has 0 unspecified atom stereocenters. The molecule has 0 spiro atoms. The van der Waals surface area contributed by atoms with Crippen LogP contribution in [0.5, 0.6) is 0 Å². The molecule has 3 N–H and O–H groups in total. The van der Waals surface area contributed by atoms with Crippen LogP contribution in [-0.2, 0) is 13.0 Å². The third-order valence-corrected chi connectivity index (χ3v) is 6.49. The number of hydrogen-bond donors (Lipinski definition) is 2. The second kappa shape index (κ2) is 10.4. The standard InChI is InChI=1S/C25H27ClF2N4/c26-21-15-30-19(10-16-4-6-17(13-29)7-5-16)12-20(21)24-2-1-3-25(32-24)31-14-18-8-9-22(27)23(28)11-18/h1-3,8-9,11-12,15-17H,4-7,10,13-14,29H2,(H,31,32). The summed E-state index contributed by atoms with van der Waals surface area (Å²) in [5.74, 6) is 0.187. The van der Waals surface area contributed by atoms with Crippen LogP contribution in [0.1, 0.15) is 36.9 Å². The number of nitrogens with zero attached hydrogens (tertiary/aromatic N) is 2. The number of nitrogens with one attached hydrogen (secondary N) is 1. The monoisotopic (exact) mass is 456 g/mol. The second-order valence-corrected chi connectivity index (χ2v) is 8.90. The van der Waals surface area contributed by atoms with Crippen molar-refractivity contribution < 1.29 is 8.78 Å². The Hall–Kier alpha value is -2.57. The van der Waals surface area contributed by atoms with E-state index in [4.69, 9.17) is 17.3 Å². The lowest BCUT2D eigenvalue weighted by molar-refractivity contribution is 0.277. The molecule has 0 saturated heterocycles. The fourth-order valence-electron chi connectivity index (χ4n) is 4.28. The Labute approximate surface area is 192 Å². The lowest BCUT2D eigenvalue weighted by Gasteiger charge is -2.27. The van der Waals surface area contributed by atoms with Crippen molar-refractivity contribution in [3.8, 4) is 11.3 Å². The third-order valence-electron chi connectivity index (χ3n) is 6.19. The number of nitrogens with two attached hydrogens (primary N) is 1. The van der Waals surface area contributed by atoms with E-state index in [1.54, 1.807) is 12.3 Å². The molecule has 0 aliphatic heterocycles. The molecule has 1 aliphatic rings. The Balaban J connectivity index is 1.46. The van der Waals surface area contributed by atoms with E-state index in [0.717, 1.165) is 36.0 Å². The maximum absolute atomic E-state index is 13.4. The summed E-state index contributed by atoms with van der Waals surface area (Å²) in [5, 5.41) is 3.71. The summed E-state index contributed by atoms with van der Waals surface area (Å²) < 4.78 is 26.6. The Morgan fingerprint density at radius 1 is 1.00 bits per heavy atom. The van der Waals surface area contributed by atoms with Gasteiger partial charge in [-0.3, -0.25) is 4.98 Å². The summed E-state index contributed by atoms with van der Waals surface area (Å²) in [7, 11) is 0. The van der Waals surface area contributed by atoms with Gasteiger partial charge in [-0.1, -0.05) is 23.7 Å². The normalized spacial score (nSPS) is 18.5. The van der Waals surface area contributed by atoms with Gasteiger partial charge in [-0.2, -0.15) is 0 Å². The van der Waals surface area contributed by atoms with Gasteiger partial charge in [0.15, 0.2) is 11.6 Å². The molecule has 1 aromatic carbocycles. The number of pyridine rings is 2. The molecule has 7 heteroatoms. The Morgan fingerprint density at radius 2 is 1.78 bits per heavy atom. The number of anilines is 1. The van der Waals surface area contributed by atoms with Crippen LogP contribution in [-0.4, -0.2) is 16.5 Å². The quantitative estimate of drug-likeness (QED) is 0.458. The van der Waals surface area contributed by atoms with Gasteiger partial charge < -0.3 is 11.1 Å². The lowest BCUT2D eigenvalue weighted by atomic mass is 9.80. The third kappa shape index (κ3) is 5.61. The number of aromatic nitrogens is 2. The molecule has 0 amide bonds. The smallest absolute Gasteiger partial charge is 0.159 e. The average molecular weight is 457 g/mol.